The van der Waals surface area contributed by atoms with Crippen LogP contribution in [0.4, 0.5) is 5.69 Å². The molecule has 7 heteroatoms. The smallest absolute Gasteiger partial charge is 0.304 e. The summed E-state index contributed by atoms with van der Waals surface area (Å²) in [6, 6.07) is 4.88. The molecule has 0 spiro atoms. The van der Waals surface area contributed by atoms with E-state index in [1.165, 1.54) is 0 Å². The zero-order valence-corrected chi connectivity index (χ0v) is 11.8. The van der Waals surface area contributed by atoms with E-state index in [4.69, 9.17) is 10.5 Å². The van der Waals surface area contributed by atoms with Crippen molar-refractivity contribution in [1.82, 2.24) is 10.3 Å². The highest BCUT2D eigenvalue weighted by Gasteiger charge is 2.09. The lowest BCUT2D eigenvalue weighted by molar-refractivity contribution is 0.0950. The number of anilines is 1. The number of hydrogen-bond donors (Lipinski definition) is 3. The predicted molar refractivity (Wildman–Crippen MR) is 78.1 cm³/mol. The van der Waals surface area contributed by atoms with Gasteiger partial charge in [0.15, 0.2) is 0 Å². The van der Waals surface area contributed by atoms with E-state index in [1.54, 1.807) is 23.6 Å². The van der Waals surface area contributed by atoms with Crippen LogP contribution in [0.15, 0.2) is 28.4 Å². The number of H-pyrrole nitrogens is 1. The van der Waals surface area contributed by atoms with Crippen LogP contribution >= 0.6 is 11.3 Å². The molecular weight excluding hydrogens is 278 g/mol. The van der Waals surface area contributed by atoms with Crippen LogP contribution in [0.1, 0.15) is 23.0 Å². The van der Waals surface area contributed by atoms with E-state index in [2.05, 4.69) is 10.3 Å². The Morgan fingerprint density at radius 3 is 2.90 bits per heavy atom. The van der Waals surface area contributed by atoms with E-state index in [0.29, 0.717) is 29.3 Å². The summed E-state index contributed by atoms with van der Waals surface area (Å²) in [7, 11) is 0. The minimum absolute atomic E-state index is 0.139. The standard InChI is InChI=1S/C13H15N3O3S/c1-2-19-11-4-3-8(5-10(11)14)12(17)15-6-9-7-20-13(18)16-9/h3-5,7H,2,6,14H2,1H3,(H,15,17)(H,16,18). The van der Waals surface area contributed by atoms with Crippen molar-refractivity contribution in [2.45, 2.75) is 13.5 Å². The molecule has 2 rings (SSSR count). The number of rotatable bonds is 5. The van der Waals surface area contributed by atoms with Crippen LogP contribution in [0.2, 0.25) is 0 Å². The number of benzene rings is 1. The molecule has 6 nitrogen and oxygen atoms in total. The maximum atomic E-state index is 12.0. The van der Waals surface area contributed by atoms with Gasteiger partial charge in [0, 0.05) is 16.6 Å². The molecule has 0 atom stereocenters. The maximum absolute atomic E-state index is 12.0. The molecule has 0 fully saturated rings. The van der Waals surface area contributed by atoms with E-state index >= 15 is 0 Å². The zero-order chi connectivity index (χ0) is 14.5. The summed E-state index contributed by atoms with van der Waals surface area (Å²) in [6.45, 7) is 2.65. The highest BCUT2D eigenvalue weighted by atomic mass is 32.1. The highest BCUT2D eigenvalue weighted by molar-refractivity contribution is 7.07. The summed E-state index contributed by atoms with van der Waals surface area (Å²) >= 11 is 1.06. The van der Waals surface area contributed by atoms with Crippen LogP contribution in [-0.2, 0) is 6.54 Å². The van der Waals surface area contributed by atoms with Crippen molar-refractivity contribution in [2.24, 2.45) is 0 Å². The predicted octanol–water partition coefficient (Wildman–Crippen LogP) is 1.35. The second-order valence-corrected chi connectivity index (χ2v) is 4.88. The average molecular weight is 293 g/mol. The van der Waals surface area contributed by atoms with Gasteiger partial charge in [-0.15, -0.1) is 0 Å². The Morgan fingerprint density at radius 1 is 1.50 bits per heavy atom. The van der Waals surface area contributed by atoms with Gasteiger partial charge in [0.1, 0.15) is 5.75 Å². The molecule has 106 valence electrons. The van der Waals surface area contributed by atoms with E-state index in [9.17, 15) is 9.59 Å². The fraction of sp³-hybridized carbons (Fsp3) is 0.231. The van der Waals surface area contributed by atoms with Gasteiger partial charge in [-0.05, 0) is 25.1 Å². The quantitative estimate of drug-likeness (QED) is 0.725. The lowest BCUT2D eigenvalue weighted by Crippen LogP contribution is -2.23. The maximum Gasteiger partial charge on any atom is 0.304 e. The van der Waals surface area contributed by atoms with Crippen molar-refractivity contribution in [3.8, 4) is 5.75 Å². The fourth-order valence-corrected chi connectivity index (χ4v) is 2.24. The second-order valence-electron chi connectivity index (χ2n) is 4.04. The lowest BCUT2D eigenvalue weighted by Gasteiger charge is -2.09. The number of aromatic amines is 1. The Kier molecular flexibility index (Phi) is 4.41. The van der Waals surface area contributed by atoms with Crippen LogP contribution in [-0.4, -0.2) is 17.5 Å². The number of aromatic nitrogens is 1. The Hall–Kier alpha value is -2.28. The summed E-state index contributed by atoms with van der Waals surface area (Å²) in [4.78, 5) is 25.4. The SMILES string of the molecule is CCOc1ccc(C(=O)NCc2csc(=O)[nH]2)cc1N. The van der Waals surface area contributed by atoms with Gasteiger partial charge in [-0.1, -0.05) is 11.3 Å². The molecule has 0 saturated heterocycles. The monoisotopic (exact) mass is 293 g/mol. The molecule has 0 unspecified atom stereocenters. The van der Waals surface area contributed by atoms with Crippen molar-refractivity contribution in [3.63, 3.8) is 0 Å². The van der Waals surface area contributed by atoms with Crippen LogP contribution < -0.4 is 20.7 Å². The third kappa shape index (κ3) is 3.39. The molecule has 0 aliphatic heterocycles. The van der Waals surface area contributed by atoms with Gasteiger partial charge in [-0.3, -0.25) is 9.59 Å². The van der Waals surface area contributed by atoms with E-state index in [1.807, 2.05) is 6.92 Å². The van der Waals surface area contributed by atoms with Gasteiger partial charge in [-0.25, -0.2) is 0 Å². The van der Waals surface area contributed by atoms with Crippen molar-refractivity contribution in [2.75, 3.05) is 12.3 Å². The number of carbonyl (C=O) groups is 1. The molecule has 1 aromatic heterocycles. The van der Waals surface area contributed by atoms with Crippen molar-refractivity contribution in [1.29, 1.82) is 0 Å². The minimum atomic E-state index is -0.258. The number of nitrogens with two attached hydrogens (primary N) is 1. The van der Waals surface area contributed by atoms with Crippen LogP contribution in [0.3, 0.4) is 0 Å². The molecule has 0 radical (unpaired) electrons. The summed E-state index contributed by atoms with van der Waals surface area (Å²) in [5.41, 5.74) is 7.35. The molecule has 0 aliphatic carbocycles. The third-order valence-electron chi connectivity index (χ3n) is 2.58. The summed E-state index contributed by atoms with van der Waals surface area (Å²) in [5, 5.41) is 4.38. The second kappa shape index (κ2) is 6.25. The van der Waals surface area contributed by atoms with E-state index in [0.717, 1.165) is 11.3 Å². The molecule has 2 aromatic rings. The molecule has 0 saturated carbocycles. The Bertz CT molecular complexity index is 663. The van der Waals surface area contributed by atoms with Gasteiger partial charge in [0.25, 0.3) is 5.91 Å². The van der Waals surface area contributed by atoms with Crippen molar-refractivity contribution < 1.29 is 9.53 Å². The molecule has 4 N–H and O–H groups in total. The first kappa shape index (κ1) is 14.1. The van der Waals surface area contributed by atoms with Gasteiger partial charge in [-0.2, -0.15) is 0 Å². The van der Waals surface area contributed by atoms with Gasteiger partial charge in [0.2, 0.25) is 0 Å². The largest absolute Gasteiger partial charge is 0.492 e. The van der Waals surface area contributed by atoms with Gasteiger partial charge in [0.05, 0.1) is 18.8 Å². The van der Waals surface area contributed by atoms with Gasteiger partial charge < -0.3 is 20.8 Å². The molecule has 1 aromatic carbocycles. The summed E-state index contributed by atoms with van der Waals surface area (Å²) in [5.74, 6) is 0.304. The first-order valence-corrected chi connectivity index (χ1v) is 6.95. The Balaban J connectivity index is 2.02. The van der Waals surface area contributed by atoms with Crippen LogP contribution in [0, 0.1) is 0 Å². The molecule has 20 heavy (non-hydrogen) atoms. The average Bonchev–Trinajstić information content (AvgIpc) is 2.84. The minimum Gasteiger partial charge on any atom is -0.492 e. The van der Waals surface area contributed by atoms with Crippen LogP contribution in [0.25, 0.3) is 0 Å². The highest BCUT2D eigenvalue weighted by Crippen LogP contribution is 2.22. The first-order chi connectivity index (χ1) is 9.60. The van der Waals surface area contributed by atoms with Crippen molar-refractivity contribution >= 4 is 22.9 Å². The number of nitrogen functional groups attached to an aromatic ring is 1. The lowest BCUT2D eigenvalue weighted by atomic mass is 10.1. The number of carbonyl (C=O) groups excluding carboxylic acids is 1. The van der Waals surface area contributed by atoms with Crippen molar-refractivity contribution in [3.05, 3.63) is 44.5 Å². The summed E-state index contributed by atoms with van der Waals surface area (Å²) < 4.78 is 5.31. The fourth-order valence-electron chi connectivity index (χ4n) is 1.65. The van der Waals surface area contributed by atoms with Crippen LogP contribution in [0.5, 0.6) is 5.75 Å². The van der Waals surface area contributed by atoms with Gasteiger partial charge >= 0.3 is 4.87 Å². The zero-order valence-electron chi connectivity index (χ0n) is 10.9. The van der Waals surface area contributed by atoms with E-state index < -0.39 is 0 Å². The summed E-state index contributed by atoms with van der Waals surface area (Å²) in [6.07, 6.45) is 0. The number of hydrogen-bond acceptors (Lipinski definition) is 5. The molecule has 1 amide bonds. The molecule has 1 heterocycles. The number of nitrogens with one attached hydrogen (secondary N) is 2. The number of amides is 1. The topological polar surface area (TPSA) is 97.2 Å². The number of thiazole rings is 1. The molecular formula is C13H15N3O3S. The van der Waals surface area contributed by atoms with E-state index in [-0.39, 0.29) is 17.3 Å². The normalized spacial score (nSPS) is 10.2. The first-order valence-electron chi connectivity index (χ1n) is 6.07. The Labute approximate surface area is 119 Å². The number of ether oxygens (including phenoxy) is 1. The third-order valence-corrected chi connectivity index (χ3v) is 3.30. The Morgan fingerprint density at radius 2 is 2.30 bits per heavy atom. The molecule has 0 aliphatic rings. The molecule has 0 bridgehead atoms.